The Hall–Kier alpha value is -4.26. The normalized spacial score (nSPS) is 10.7. The second-order valence-corrected chi connectivity index (χ2v) is 8.23. The average molecular weight is 472 g/mol. The molecule has 2 N–H and O–H groups in total. The number of pyridine rings is 1. The fourth-order valence-electron chi connectivity index (χ4n) is 3.96. The molecule has 0 aliphatic heterocycles. The van der Waals surface area contributed by atoms with Crippen LogP contribution in [0, 0.1) is 0 Å². The number of methoxy groups -OCH3 is 2. The molecule has 0 atom stereocenters. The van der Waals surface area contributed by atoms with Crippen molar-refractivity contribution >= 4 is 22.6 Å². The Morgan fingerprint density at radius 2 is 1.66 bits per heavy atom. The highest BCUT2D eigenvalue weighted by molar-refractivity contribution is 5.89. The number of aromatic amines is 1. The second-order valence-electron chi connectivity index (χ2n) is 8.23. The Bertz CT molecular complexity index is 1380. The summed E-state index contributed by atoms with van der Waals surface area (Å²) in [5.74, 6) is 1.37. The van der Waals surface area contributed by atoms with Crippen molar-refractivity contribution in [1.82, 2.24) is 9.88 Å². The van der Waals surface area contributed by atoms with Crippen molar-refractivity contribution in [2.75, 3.05) is 19.5 Å². The van der Waals surface area contributed by atoms with Crippen LogP contribution in [0.4, 0.5) is 10.5 Å². The van der Waals surface area contributed by atoms with Gasteiger partial charge < -0.3 is 24.7 Å². The Morgan fingerprint density at radius 3 is 2.37 bits per heavy atom. The molecule has 1 heterocycles. The summed E-state index contributed by atoms with van der Waals surface area (Å²) in [5.41, 5.74) is 3.70. The lowest BCUT2D eigenvalue weighted by Crippen LogP contribution is -2.35. The summed E-state index contributed by atoms with van der Waals surface area (Å²) in [5, 5.41) is 3.86. The first-order valence-corrected chi connectivity index (χ1v) is 11.5. The monoisotopic (exact) mass is 471 g/mol. The zero-order valence-electron chi connectivity index (χ0n) is 20.1. The van der Waals surface area contributed by atoms with E-state index in [1.165, 1.54) is 5.56 Å². The first-order valence-electron chi connectivity index (χ1n) is 11.5. The minimum Gasteiger partial charge on any atom is -0.497 e. The fourth-order valence-corrected chi connectivity index (χ4v) is 3.96. The second kappa shape index (κ2) is 10.8. The molecule has 0 fully saturated rings. The number of ether oxygens (including phenoxy) is 2. The number of carbonyl (C=O) groups is 1. The number of nitrogens with one attached hydrogen (secondary N) is 2. The lowest BCUT2D eigenvalue weighted by Gasteiger charge is -2.24. The van der Waals surface area contributed by atoms with E-state index >= 15 is 0 Å². The molecule has 35 heavy (non-hydrogen) atoms. The zero-order chi connectivity index (χ0) is 24.8. The van der Waals surface area contributed by atoms with E-state index < -0.39 is 0 Å². The Labute approximate surface area is 204 Å². The highest BCUT2D eigenvalue weighted by atomic mass is 16.5. The molecule has 4 aromatic rings. The number of aryl methyl sites for hydroxylation is 1. The van der Waals surface area contributed by atoms with Crippen molar-refractivity contribution in [1.29, 1.82) is 0 Å². The molecular formula is C28H29N3O4. The van der Waals surface area contributed by atoms with E-state index in [0.717, 1.165) is 22.9 Å². The van der Waals surface area contributed by atoms with E-state index in [9.17, 15) is 9.59 Å². The first kappa shape index (κ1) is 23.9. The number of amides is 2. The van der Waals surface area contributed by atoms with Crippen LogP contribution in [0.2, 0.25) is 0 Å². The number of hydrogen-bond acceptors (Lipinski definition) is 4. The van der Waals surface area contributed by atoms with Gasteiger partial charge in [-0.2, -0.15) is 0 Å². The van der Waals surface area contributed by atoms with E-state index in [0.29, 0.717) is 22.7 Å². The number of para-hydroxylation sites is 1. The minimum absolute atomic E-state index is 0.127. The molecule has 180 valence electrons. The molecule has 0 saturated heterocycles. The Balaban J connectivity index is 1.67. The molecule has 0 unspecified atom stereocenters. The summed E-state index contributed by atoms with van der Waals surface area (Å²) in [6.07, 6.45) is 0.897. The molecule has 3 aromatic carbocycles. The van der Waals surface area contributed by atoms with Crippen LogP contribution in [0.3, 0.4) is 0 Å². The lowest BCUT2D eigenvalue weighted by molar-refractivity contribution is 0.205. The quantitative estimate of drug-likeness (QED) is 0.363. The molecule has 0 radical (unpaired) electrons. The molecule has 0 bridgehead atoms. The van der Waals surface area contributed by atoms with E-state index in [1.807, 2.05) is 42.5 Å². The summed E-state index contributed by atoms with van der Waals surface area (Å²) in [4.78, 5) is 30.8. The molecule has 2 amide bonds. The van der Waals surface area contributed by atoms with Crippen molar-refractivity contribution < 1.29 is 14.3 Å². The van der Waals surface area contributed by atoms with Crippen molar-refractivity contribution in [3.8, 4) is 11.5 Å². The van der Waals surface area contributed by atoms with Crippen LogP contribution in [0.25, 0.3) is 10.9 Å². The molecule has 7 nitrogen and oxygen atoms in total. The van der Waals surface area contributed by atoms with Gasteiger partial charge in [-0.3, -0.25) is 4.79 Å². The lowest BCUT2D eigenvalue weighted by atomic mass is 10.1. The van der Waals surface area contributed by atoms with Crippen molar-refractivity contribution in [2.24, 2.45) is 0 Å². The molecule has 0 aliphatic carbocycles. The summed E-state index contributed by atoms with van der Waals surface area (Å²) in [7, 11) is 3.19. The largest absolute Gasteiger partial charge is 0.497 e. The van der Waals surface area contributed by atoms with Gasteiger partial charge in [0.1, 0.15) is 11.5 Å². The Morgan fingerprint density at radius 1 is 0.914 bits per heavy atom. The predicted octanol–water partition coefficient (Wildman–Crippen LogP) is 5.34. The van der Waals surface area contributed by atoms with Gasteiger partial charge in [0, 0.05) is 22.3 Å². The van der Waals surface area contributed by atoms with Crippen LogP contribution in [0.5, 0.6) is 11.5 Å². The molecule has 1 aromatic heterocycles. The van der Waals surface area contributed by atoms with Gasteiger partial charge in [0.05, 0.1) is 27.3 Å². The number of aromatic nitrogens is 1. The summed E-state index contributed by atoms with van der Waals surface area (Å²) in [6, 6.07) is 22.2. The number of nitrogens with zero attached hydrogens (tertiary/aromatic N) is 1. The minimum atomic E-state index is -0.331. The van der Waals surface area contributed by atoms with Crippen molar-refractivity contribution in [2.45, 2.75) is 26.4 Å². The first-order chi connectivity index (χ1) is 17.0. The van der Waals surface area contributed by atoms with Crippen molar-refractivity contribution in [3.63, 3.8) is 0 Å². The summed E-state index contributed by atoms with van der Waals surface area (Å²) >= 11 is 0. The molecule has 0 aliphatic rings. The third-order valence-corrected chi connectivity index (χ3v) is 5.94. The topological polar surface area (TPSA) is 83.7 Å². The number of carbonyl (C=O) groups excluding carboxylic acids is 1. The maximum atomic E-state index is 13.4. The SMILES string of the molecule is CCc1ccc2[nH]c(=O)c(CN(Cc3ccccc3OC)C(=O)Nc3ccc(OC)cc3)cc2c1. The molecular weight excluding hydrogens is 442 g/mol. The number of fused-ring (bicyclic) bond motifs is 1. The van der Waals surface area contributed by atoms with Gasteiger partial charge in [-0.1, -0.05) is 31.2 Å². The van der Waals surface area contributed by atoms with Gasteiger partial charge >= 0.3 is 6.03 Å². The summed E-state index contributed by atoms with van der Waals surface area (Å²) < 4.78 is 10.7. The summed E-state index contributed by atoms with van der Waals surface area (Å²) in [6.45, 7) is 2.48. The molecule has 4 rings (SSSR count). The maximum absolute atomic E-state index is 13.4. The van der Waals surface area contributed by atoms with Gasteiger partial charge in [-0.25, -0.2) is 4.79 Å². The van der Waals surface area contributed by atoms with Gasteiger partial charge in [0.25, 0.3) is 5.56 Å². The number of urea groups is 1. The van der Waals surface area contributed by atoms with E-state index in [-0.39, 0.29) is 24.7 Å². The number of benzene rings is 3. The van der Waals surface area contributed by atoms with Gasteiger partial charge in [-0.15, -0.1) is 0 Å². The van der Waals surface area contributed by atoms with Crippen LogP contribution in [-0.2, 0) is 19.5 Å². The fraction of sp³-hybridized carbons (Fsp3) is 0.214. The van der Waals surface area contributed by atoms with Crippen molar-refractivity contribution in [3.05, 3.63) is 99.8 Å². The van der Waals surface area contributed by atoms with Gasteiger partial charge in [0.15, 0.2) is 0 Å². The van der Waals surface area contributed by atoms with Gasteiger partial charge in [-0.05, 0) is 65.9 Å². The van der Waals surface area contributed by atoms with Crippen LogP contribution >= 0.6 is 0 Å². The number of anilines is 1. The Kier molecular flexibility index (Phi) is 7.35. The molecule has 7 heteroatoms. The van der Waals surface area contributed by atoms with E-state index in [1.54, 1.807) is 43.4 Å². The highest BCUT2D eigenvalue weighted by Crippen LogP contribution is 2.22. The highest BCUT2D eigenvalue weighted by Gasteiger charge is 2.19. The standard InChI is InChI=1S/C28H29N3O4/c1-4-19-9-14-25-21(15-19)16-22(27(32)30-25)18-31(17-20-7-5-6-8-26(20)35-3)28(33)29-23-10-12-24(34-2)13-11-23/h5-16H,4,17-18H2,1-3H3,(H,29,33)(H,30,32). The predicted molar refractivity (Wildman–Crippen MR) is 138 cm³/mol. The number of hydrogen-bond donors (Lipinski definition) is 2. The third kappa shape index (κ3) is 5.63. The van der Waals surface area contributed by atoms with E-state index in [2.05, 4.69) is 23.3 Å². The molecule has 0 spiro atoms. The van der Waals surface area contributed by atoms with Crippen LogP contribution in [0.1, 0.15) is 23.6 Å². The number of H-pyrrole nitrogens is 1. The smallest absolute Gasteiger partial charge is 0.322 e. The van der Waals surface area contributed by atoms with Gasteiger partial charge in [0.2, 0.25) is 0 Å². The van der Waals surface area contributed by atoms with Crippen LogP contribution in [0.15, 0.2) is 77.6 Å². The van der Waals surface area contributed by atoms with Crippen LogP contribution < -0.4 is 20.3 Å². The average Bonchev–Trinajstić information content (AvgIpc) is 2.89. The van der Waals surface area contributed by atoms with Crippen LogP contribution in [-0.4, -0.2) is 30.1 Å². The zero-order valence-corrected chi connectivity index (χ0v) is 20.1. The number of rotatable bonds is 8. The third-order valence-electron chi connectivity index (χ3n) is 5.94. The van der Waals surface area contributed by atoms with E-state index in [4.69, 9.17) is 9.47 Å². The molecule has 0 saturated carbocycles. The maximum Gasteiger partial charge on any atom is 0.322 e.